The summed E-state index contributed by atoms with van der Waals surface area (Å²) in [7, 11) is 0. The molecule has 0 radical (unpaired) electrons. The summed E-state index contributed by atoms with van der Waals surface area (Å²) in [5.41, 5.74) is 13.6. The summed E-state index contributed by atoms with van der Waals surface area (Å²) in [4.78, 5) is 10.5. The SMILES string of the molecule is N#Cc1ccc(-c2ccc3c(c2)-c2cc(C4CC(c5ccccc5)=NC(c5ccccc5)=N4)ccc2C32c3ccccc3Oc3ccccc32)c2ccccc12. The zero-order valence-corrected chi connectivity index (χ0v) is 30.4. The summed E-state index contributed by atoms with van der Waals surface area (Å²) in [6, 6.07) is 66.2. The molecule has 1 unspecified atom stereocenters. The number of ether oxygens (including phenoxy) is 1. The van der Waals surface area contributed by atoms with E-state index in [2.05, 4.69) is 140 Å². The molecule has 0 saturated heterocycles. The summed E-state index contributed by atoms with van der Waals surface area (Å²) < 4.78 is 6.63. The molecule has 0 N–H and O–H groups in total. The minimum absolute atomic E-state index is 0.136. The van der Waals surface area contributed by atoms with Crippen molar-refractivity contribution in [1.82, 2.24) is 0 Å². The maximum atomic E-state index is 9.95. The van der Waals surface area contributed by atoms with Gasteiger partial charge in [-0.15, -0.1) is 0 Å². The number of hydrogen-bond donors (Lipinski definition) is 0. The molecule has 2 aliphatic heterocycles. The number of hydrogen-bond acceptors (Lipinski definition) is 4. The van der Waals surface area contributed by atoms with E-state index in [1.807, 2.05) is 48.5 Å². The van der Waals surface area contributed by atoms with E-state index in [4.69, 9.17) is 14.7 Å². The molecule has 4 heteroatoms. The molecule has 1 atom stereocenters. The fourth-order valence-corrected chi connectivity index (χ4v) is 9.26. The Morgan fingerprint density at radius 3 is 1.84 bits per heavy atom. The second-order valence-electron chi connectivity index (χ2n) is 14.7. The summed E-state index contributed by atoms with van der Waals surface area (Å²) in [5.74, 6) is 2.48. The van der Waals surface area contributed by atoms with Crippen molar-refractivity contribution in [2.24, 2.45) is 9.98 Å². The molecule has 0 saturated carbocycles. The smallest absolute Gasteiger partial charge is 0.155 e. The number of benzene rings is 8. The first kappa shape index (κ1) is 32.1. The Morgan fingerprint density at radius 1 is 0.518 bits per heavy atom. The Balaban J connectivity index is 1.16. The van der Waals surface area contributed by atoms with Crippen molar-refractivity contribution < 1.29 is 4.74 Å². The van der Waals surface area contributed by atoms with Gasteiger partial charge in [-0.3, -0.25) is 4.99 Å². The predicted molar refractivity (Wildman–Crippen MR) is 225 cm³/mol. The number of fused-ring (bicyclic) bond motifs is 10. The van der Waals surface area contributed by atoms with Crippen LogP contribution < -0.4 is 4.74 Å². The molecule has 8 aromatic rings. The van der Waals surface area contributed by atoms with Gasteiger partial charge in [0, 0.05) is 28.5 Å². The molecular formula is C52H33N3O. The Kier molecular flexibility index (Phi) is 7.24. The number of para-hydroxylation sites is 2. The lowest BCUT2D eigenvalue weighted by Gasteiger charge is -2.39. The number of nitrogens with zero attached hydrogens (tertiary/aromatic N) is 3. The first-order valence-electron chi connectivity index (χ1n) is 19.1. The highest BCUT2D eigenvalue weighted by Crippen LogP contribution is 2.62. The summed E-state index contributed by atoms with van der Waals surface area (Å²) in [6.45, 7) is 0. The van der Waals surface area contributed by atoms with Gasteiger partial charge in [-0.05, 0) is 80.2 Å². The van der Waals surface area contributed by atoms with Gasteiger partial charge in [0.2, 0.25) is 0 Å². The molecule has 0 bridgehead atoms. The van der Waals surface area contributed by atoms with Crippen LogP contribution in [-0.4, -0.2) is 11.5 Å². The molecule has 1 aliphatic carbocycles. The number of aliphatic imine (C=N–C) groups is 2. The van der Waals surface area contributed by atoms with E-state index in [0.717, 1.165) is 72.8 Å². The highest BCUT2D eigenvalue weighted by molar-refractivity contribution is 6.14. The maximum Gasteiger partial charge on any atom is 0.155 e. The first-order chi connectivity index (χ1) is 27.7. The van der Waals surface area contributed by atoms with Gasteiger partial charge in [-0.2, -0.15) is 5.26 Å². The van der Waals surface area contributed by atoms with Crippen LogP contribution >= 0.6 is 0 Å². The molecule has 2 heterocycles. The predicted octanol–water partition coefficient (Wildman–Crippen LogP) is 12.2. The second kappa shape index (κ2) is 12.6. The Bertz CT molecular complexity index is 2950. The zero-order valence-electron chi connectivity index (χ0n) is 30.4. The van der Waals surface area contributed by atoms with Crippen molar-refractivity contribution in [3.05, 3.63) is 226 Å². The molecule has 8 aromatic carbocycles. The van der Waals surface area contributed by atoms with E-state index in [1.54, 1.807) is 0 Å². The van der Waals surface area contributed by atoms with Crippen LogP contribution in [0.2, 0.25) is 0 Å². The quantitative estimate of drug-likeness (QED) is 0.182. The third kappa shape index (κ3) is 4.78. The molecular weight excluding hydrogens is 683 g/mol. The van der Waals surface area contributed by atoms with Gasteiger partial charge in [0.05, 0.1) is 28.8 Å². The summed E-state index contributed by atoms with van der Waals surface area (Å²) in [5, 5.41) is 12.0. The molecule has 11 rings (SSSR count). The van der Waals surface area contributed by atoms with E-state index < -0.39 is 5.41 Å². The molecule has 0 aromatic heterocycles. The monoisotopic (exact) mass is 715 g/mol. The van der Waals surface area contributed by atoms with Crippen molar-refractivity contribution in [2.75, 3.05) is 0 Å². The summed E-state index contributed by atoms with van der Waals surface area (Å²) >= 11 is 0. The van der Waals surface area contributed by atoms with Crippen molar-refractivity contribution in [1.29, 1.82) is 5.26 Å². The van der Waals surface area contributed by atoms with Crippen molar-refractivity contribution in [3.63, 3.8) is 0 Å². The standard InChI is InChI=1S/C52H33N3O/c53-32-37-23-26-39(40-18-8-7-17-38(37)40)35-24-27-43-41(29-35)42-30-36(48-31-47(33-13-3-1-4-14-33)54-51(55-48)34-15-5-2-6-16-34)25-28-44(42)52(43)45-19-9-11-21-49(45)56-50-22-12-10-20-46(50)52/h1-30,48H,31H2. The Labute approximate surface area is 325 Å². The Morgan fingerprint density at radius 2 is 1.12 bits per heavy atom. The highest BCUT2D eigenvalue weighted by Gasteiger charge is 2.51. The van der Waals surface area contributed by atoms with E-state index in [9.17, 15) is 5.26 Å². The van der Waals surface area contributed by atoms with Crippen LogP contribution in [-0.2, 0) is 5.41 Å². The number of rotatable bonds is 4. The fourth-order valence-electron chi connectivity index (χ4n) is 9.26. The van der Waals surface area contributed by atoms with Gasteiger partial charge in [0.15, 0.2) is 5.84 Å². The van der Waals surface area contributed by atoms with Gasteiger partial charge in [-0.1, -0.05) is 152 Å². The molecule has 4 nitrogen and oxygen atoms in total. The van der Waals surface area contributed by atoms with E-state index >= 15 is 0 Å². The minimum atomic E-state index is -0.596. The van der Waals surface area contributed by atoms with Crippen LogP contribution in [0, 0.1) is 11.3 Å². The van der Waals surface area contributed by atoms with Crippen LogP contribution in [0.15, 0.2) is 192 Å². The van der Waals surface area contributed by atoms with E-state index in [1.165, 1.54) is 22.3 Å². The van der Waals surface area contributed by atoms with Gasteiger partial charge in [0.25, 0.3) is 0 Å². The molecule has 0 fully saturated rings. The van der Waals surface area contributed by atoms with Crippen LogP contribution in [0.3, 0.4) is 0 Å². The molecule has 1 spiro atoms. The topological polar surface area (TPSA) is 57.7 Å². The normalized spacial score (nSPS) is 15.7. The van der Waals surface area contributed by atoms with Crippen LogP contribution in [0.5, 0.6) is 11.5 Å². The van der Waals surface area contributed by atoms with Crippen LogP contribution in [0.25, 0.3) is 33.0 Å². The average molecular weight is 716 g/mol. The van der Waals surface area contributed by atoms with Gasteiger partial charge < -0.3 is 4.74 Å². The highest BCUT2D eigenvalue weighted by atomic mass is 16.5. The van der Waals surface area contributed by atoms with Gasteiger partial charge in [0.1, 0.15) is 11.5 Å². The van der Waals surface area contributed by atoms with Gasteiger partial charge in [-0.25, -0.2) is 4.99 Å². The van der Waals surface area contributed by atoms with Crippen molar-refractivity contribution >= 4 is 22.3 Å². The number of amidine groups is 1. The lowest BCUT2D eigenvalue weighted by Crippen LogP contribution is -2.32. The number of nitriles is 1. The first-order valence-corrected chi connectivity index (χ1v) is 19.1. The average Bonchev–Trinajstić information content (AvgIpc) is 3.55. The van der Waals surface area contributed by atoms with Crippen LogP contribution in [0.1, 0.15) is 57.0 Å². The van der Waals surface area contributed by atoms with Crippen LogP contribution in [0.4, 0.5) is 0 Å². The lowest BCUT2D eigenvalue weighted by molar-refractivity contribution is 0.436. The summed E-state index contributed by atoms with van der Waals surface area (Å²) in [6.07, 6.45) is 0.688. The lowest BCUT2D eigenvalue weighted by atomic mass is 9.66. The zero-order chi connectivity index (χ0) is 37.2. The third-order valence-corrected chi connectivity index (χ3v) is 11.7. The largest absolute Gasteiger partial charge is 0.457 e. The minimum Gasteiger partial charge on any atom is -0.457 e. The Hall–Kier alpha value is -7.35. The van der Waals surface area contributed by atoms with Gasteiger partial charge >= 0.3 is 0 Å². The molecule has 262 valence electrons. The molecule has 3 aliphatic rings. The fraction of sp³-hybridized carbons (Fsp3) is 0.0577. The molecule has 56 heavy (non-hydrogen) atoms. The second-order valence-corrected chi connectivity index (χ2v) is 14.7. The van der Waals surface area contributed by atoms with E-state index in [0.29, 0.717) is 12.0 Å². The van der Waals surface area contributed by atoms with E-state index in [-0.39, 0.29) is 6.04 Å². The van der Waals surface area contributed by atoms with Crippen molar-refractivity contribution in [2.45, 2.75) is 17.9 Å². The third-order valence-electron chi connectivity index (χ3n) is 11.7. The van der Waals surface area contributed by atoms with Crippen molar-refractivity contribution in [3.8, 4) is 39.8 Å². The molecule has 0 amide bonds. The maximum absolute atomic E-state index is 9.95.